The van der Waals surface area contributed by atoms with E-state index in [1.165, 1.54) is 24.3 Å². The van der Waals surface area contributed by atoms with Crippen LogP contribution in [0.4, 0.5) is 0 Å². The molecule has 2 aromatic carbocycles. The molecule has 8 heteroatoms. The third-order valence-corrected chi connectivity index (χ3v) is 6.61. The molecule has 0 saturated carbocycles. The molecule has 0 amide bonds. The van der Waals surface area contributed by atoms with Gasteiger partial charge in [-0.3, -0.25) is 4.79 Å². The van der Waals surface area contributed by atoms with Gasteiger partial charge in [0.2, 0.25) is 5.78 Å². The van der Waals surface area contributed by atoms with Crippen LogP contribution in [0.3, 0.4) is 0 Å². The summed E-state index contributed by atoms with van der Waals surface area (Å²) < 4.78 is 30.6. The largest absolute Gasteiger partial charge is 0.454 e. The quantitative estimate of drug-likeness (QED) is 0.356. The molecule has 0 radical (unpaired) electrons. The summed E-state index contributed by atoms with van der Waals surface area (Å²) in [5, 5.41) is 0.688. The molecule has 6 nitrogen and oxygen atoms in total. The zero-order chi connectivity index (χ0) is 23.5. The van der Waals surface area contributed by atoms with Gasteiger partial charge in [-0.05, 0) is 62.2 Å². The van der Waals surface area contributed by atoms with Crippen LogP contribution >= 0.6 is 11.6 Å². The van der Waals surface area contributed by atoms with Crippen molar-refractivity contribution >= 4 is 33.2 Å². The van der Waals surface area contributed by atoms with E-state index in [0.717, 1.165) is 29.6 Å². The number of carbonyl (C=O) groups excluding carboxylic acids is 2. The minimum atomic E-state index is -3.45. The van der Waals surface area contributed by atoms with Gasteiger partial charge in [0.15, 0.2) is 16.4 Å². The number of rotatable bonds is 8. The monoisotopic (exact) mass is 473 g/mol. The maximum Gasteiger partial charge on any atom is 0.338 e. The highest BCUT2D eigenvalue weighted by Gasteiger charge is 2.19. The Labute approximate surface area is 192 Å². The molecule has 0 aliphatic rings. The van der Waals surface area contributed by atoms with E-state index in [1.54, 1.807) is 6.07 Å². The van der Waals surface area contributed by atoms with Crippen molar-refractivity contribution in [2.75, 3.05) is 12.9 Å². The van der Waals surface area contributed by atoms with Crippen LogP contribution in [0.15, 0.2) is 59.5 Å². The van der Waals surface area contributed by atoms with Gasteiger partial charge in [-0.15, -0.1) is 0 Å². The van der Waals surface area contributed by atoms with Crippen LogP contribution in [0.2, 0.25) is 5.02 Å². The number of halogens is 1. The van der Waals surface area contributed by atoms with Crippen LogP contribution < -0.4 is 0 Å². The Morgan fingerprint density at radius 3 is 2.38 bits per heavy atom. The summed E-state index contributed by atoms with van der Waals surface area (Å²) in [7, 11) is -3.45. The summed E-state index contributed by atoms with van der Waals surface area (Å²) in [5.74, 6) is -1.07. The molecule has 3 rings (SSSR count). The number of aryl methyl sites for hydroxylation is 2. The van der Waals surface area contributed by atoms with Crippen molar-refractivity contribution in [1.29, 1.82) is 0 Å². The van der Waals surface area contributed by atoms with Gasteiger partial charge in [0.1, 0.15) is 0 Å². The fourth-order valence-corrected chi connectivity index (χ4v) is 4.26. The van der Waals surface area contributed by atoms with Crippen LogP contribution in [-0.4, -0.2) is 37.6 Å². The first-order chi connectivity index (χ1) is 15.1. The van der Waals surface area contributed by atoms with E-state index in [2.05, 4.69) is 4.57 Å². The minimum Gasteiger partial charge on any atom is -0.454 e. The van der Waals surface area contributed by atoms with Crippen LogP contribution in [0.5, 0.6) is 0 Å². The van der Waals surface area contributed by atoms with Gasteiger partial charge < -0.3 is 9.30 Å². The Hall–Kier alpha value is -2.90. The van der Waals surface area contributed by atoms with Crippen molar-refractivity contribution in [2.45, 2.75) is 31.7 Å². The van der Waals surface area contributed by atoms with E-state index in [9.17, 15) is 18.0 Å². The highest BCUT2D eigenvalue weighted by molar-refractivity contribution is 7.90. The summed E-state index contributed by atoms with van der Waals surface area (Å²) in [6.45, 7) is 4.06. The molecule has 0 saturated heterocycles. The van der Waals surface area contributed by atoms with Crippen molar-refractivity contribution in [3.05, 3.63) is 87.7 Å². The van der Waals surface area contributed by atoms with Gasteiger partial charge in [-0.25, -0.2) is 13.2 Å². The van der Waals surface area contributed by atoms with Crippen LogP contribution in [0, 0.1) is 13.8 Å². The third kappa shape index (κ3) is 5.66. The summed E-state index contributed by atoms with van der Waals surface area (Å²) in [6.07, 6.45) is 1.84. The predicted octanol–water partition coefficient (Wildman–Crippen LogP) is 4.44. The van der Waals surface area contributed by atoms with Crippen LogP contribution in [0.1, 0.15) is 37.7 Å². The van der Waals surface area contributed by atoms with E-state index < -0.39 is 22.4 Å². The first-order valence-electron chi connectivity index (χ1n) is 9.98. The maximum absolute atomic E-state index is 12.7. The van der Waals surface area contributed by atoms with Gasteiger partial charge in [-0.2, -0.15) is 0 Å². The van der Waals surface area contributed by atoms with E-state index in [4.69, 9.17) is 16.3 Å². The molecular formula is C24H24ClNO5S. The van der Waals surface area contributed by atoms with E-state index in [1.807, 2.05) is 38.1 Å². The number of aromatic nitrogens is 1. The molecule has 0 bridgehead atoms. The molecule has 0 atom stereocenters. The molecule has 0 spiro atoms. The molecule has 0 fully saturated rings. The zero-order valence-electron chi connectivity index (χ0n) is 18.1. The lowest BCUT2D eigenvalue weighted by molar-refractivity contribution is 0.0474. The maximum atomic E-state index is 12.7. The Morgan fingerprint density at radius 2 is 1.72 bits per heavy atom. The molecule has 0 unspecified atom stereocenters. The number of Topliss-reactive ketones (excluding diaryl/α,β-unsaturated/α-hetero) is 1. The average Bonchev–Trinajstić information content (AvgIpc) is 3.04. The van der Waals surface area contributed by atoms with E-state index in [0.29, 0.717) is 17.1 Å². The van der Waals surface area contributed by atoms with Gasteiger partial charge in [0.25, 0.3) is 0 Å². The average molecular weight is 474 g/mol. The normalized spacial score (nSPS) is 11.4. The Kier molecular flexibility index (Phi) is 7.21. The molecule has 1 aromatic heterocycles. The lowest BCUT2D eigenvalue weighted by Crippen LogP contribution is -2.15. The minimum absolute atomic E-state index is 0.0162. The van der Waals surface area contributed by atoms with E-state index in [-0.39, 0.29) is 16.2 Å². The molecule has 0 N–H and O–H groups in total. The number of ether oxygens (including phenoxy) is 1. The van der Waals surface area contributed by atoms with Gasteiger partial charge in [-0.1, -0.05) is 29.8 Å². The van der Waals surface area contributed by atoms with Gasteiger partial charge in [0, 0.05) is 34.8 Å². The van der Waals surface area contributed by atoms with E-state index >= 15 is 0 Å². The highest BCUT2D eigenvalue weighted by Crippen LogP contribution is 2.18. The zero-order valence-corrected chi connectivity index (χ0v) is 19.7. The number of hydrogen-bond acceptors (Lipinski definition) is 5. The standard InChI is InChI=1S/C24H24ClNO5S/c1-16-13-22(17(2)26(16)12-11-18-7-9-20(25)10-8-18)23(27)15-31-24(28)19-5-4-6-21(14-19)32(3,29)30/h4-10,13-14H,11-12,15H2,1-3H3. The lowest BCUT2D eigenvalue weighted by atomic mass is 10.1. The number of esters is 1. The highest BCUT2D eigenvalue weighted by atomic mass is 35.5. The lowest BCUT2D eigenvalue weighted by Gasteiger charge is -2.10. The van der Waals surface area contributed by atoms with Crippen molar-refractivity contribution in [3.63, 3.8) is 0 Å². The molecule has 168 valence electrons. The number of sulfone groups is 1. The molecule has 1 heterocycles. The first-order valence-corrected chi connectivity index (χ1v) is 12.2. The summed E-state index contributed by atoms with van der Waals surface area (Å²) >= 11 is 5.93. The van der Waals surface area contributed by atoms with Crippen molar-refractivity contribution in [2.24, 2.45) is 0 Å². The topological polar surface area (TPSA) is 82.4 Å². The van der Waals surface area contributed by atoms with Crippen LogP contribution in [-0.2, 0) is 27.5 Å². The molecule has 32 heavy (non-hydrogen) atoms. The summed E-state index contributed by atoms with van der Waals surface area (Å²) in [6, 6.07) is 15.0. The second-order valence-electron chi connectivity index (χ2n) is 7.61. The van der Waals surface area contributed by atoms with Crippen molar-refractivity contribution in [3.8, 4) is 0 Å². The van der Waals surface area contributed by atoms with Crippen LogP contribution in [0.25, 0.3) is 0 Å². The Bertz CT molecular complexity index is 1260. The fourth-order valence-electron chi connectivity index (χ4n) is 3.47. The number of carbonyl (C=O) groups is 2. The smallest absolute Gasteiger partial charge is 0.338 e. The van der Waals surface area contributed by atoms with Crippen molar-refractivity contribution < 1.29 is 22.7 Å². The number of benzene rings is 2. The second-order valence-corrected chi connectivity index (χ2v) is 10.1. The Balaban J connectivity index is 1.66. The summed E-state index contributed by atoms with van der Waals surface area (Å²) in [5.41, 5.74) is 3.45. The summed E-state index contributed by atoms with van der Waals surface area (Å²) in [4.78, 5) is 25.0. The van der Waals surface area contributed by atoms with Gasteiger partial charge >= 0.3 is 5.97 Å². The first kappa shape index (κ1) is 23.8. The molecular weight excluding hydrogens is 450 g/mol. The van der Waals surface area contributed by atoms with Gasteiger partial charge in [0.05, 0.1) is 10.5 Å². The number of hydrogen-bond donors (Lipinski definition) is 0. The SMILES string of the molecule is Cc1cc(C(=O)COC(=O)c2cccc(S(C)(=O)=O)c2)c(C)n1CCc1ccc(Cl)cc1. The fraction of sp³-hybridized carbons (Fsp3) is 0.250. The molecule has 3 aromatic rings. The molecule has 0 aliphatic heterocycles. The molecule has 0 aliphatic carbocycles. The number of ketones is 1. The number of nitrogens with zero attached hydrogens (tertiary/aromatic N) is 1. The Morgan fingerprint density at radius 1 is 1.03 bits per heavy atom. The second kappa shape index (κ2) is 9.71. The predicted molar refractivity (Wildman–Crippen MR) is 123 cm³/mol. The third-order valence-electron chi connectivity index (χ3n) is 5.24. The van der Waals surface area contributed by atoms with Crippen molar-refractivity contribution in [1.82, 2.24) is 4.57 Å².